The molecule has 1 saturated heterocycles. The summed E-state index contributed by atoms with van der Waals surface area (Å²) >= 11 is 1.40. The van der Waals surface area contributed by atoms with E-state index in [2.05, 4.69) is 28.1 Å². The average Bonchev–Trinajstić information content (AvgIpc) is 2.78. The molecule has 2 rings (SSSR count). The van der Waals surface area contributed by atoms with Crippen LogP contribution >= 0.6 is 11.5 Å². The van der Waals surface area contributed by atoms with Gasteiger partial charge in [-0.1, -0.05) is 13.8 Å². The van der Waals surface area contributed by atoms with Gasteiger partial charge in [-0.25, -0.2) is 4.98 Å². The quantitative estimate of drug-likeness (QED) is 0.616. The summed E-state index contributed by atoms with van der Waals surface area (Å²) in [5, 5.41) is 8.30. The first kappa shape index (κ1) is 12.3. The van der Waals surface area contributed by atoms with E-state index in [9.17, 15) is 0 Å². The Labute approximate surface area is 104 Å². The van der Waals surface area contributed by atoms with Crippen LogP contribution in [0.1, 0.15) is 25.6 Å². The number of anilines is 1. The van der Waals surface area contributed by atoms with E-state index in [1.165, 1.54) is 11.5 Å². The Kier molecular flexibility index (Phi) is 3.58. The molecule has 0 spiro atoms. The zero-order chi connectivity index (χ0) is 12.4. The summed E-state index contributed by atoms with van der Waals surface area (Å²) < 4.78 is 9.73. The fourth-order valence-corrected chi connectivity index (χ4v) is 2.44. The van der Waals surface area contributed by atoms with Crippen LogP contribution in [0.2, 0.25) is 0 Å². The Hall–Kier alpha value is -1.21. The van der Waals surface area contributed by atoms with E-state index in [1.54, 1.807) is 0 Å². The highest BCUT2D eigenvalue weighted by Gasteiger charge is 2.25. The van der Waals surface area contributed by atoms with E-state index in [-0.39, 0.29) is 11.9 Å². The van der Waals surface area contributed by atoms with Gasteiger partial charge in [-0.05, 0) is 0 Å². The molecule has 94 valence electrons. The van der Waals surface area contributed by atoms with Gasteiger partial charge >= 0.3 is 0 Å². The maximum atomic E-state index is 7.41. The van der Waals surface area contributed by atoms with Crippen molar-refractivity contribution in [1.82, 2.24) is 9.36 Å². The van der Waals surface area contributed by atoms with Crippen molar-refractivity contribution in [2.75, 3.05) is 24.6 Å². The summed E-state index contributed by atoms with van der Waals surface area (Å²) in [6.45, 7) is 6.08. The molecular weight excluding hydrogens is 238 g/mol. The maximum absolute atomic E-state index is 7.41. The van der Waals surface area contributed by atoms with Crippen LogP contribution in [-0.4, -0.2) is 41.0 Å². The number of nitrogens with one attached hydrogen (secondary N) is 1. The molecular formula is C10H17N5OS. The van der Waals surface area contributed by atoms with Crippen molar-refractivity contribution in [2.45, 2.75) is 25.9 Å². The number of ether oxygens (including phenoxy) is 1. The number of amidine groups is 1. The lowest BCUT2D eigenvalue weighted by Crippen LogP contribution is -2.48. The van der Waals surface area contributed by atoms with Gasteiger partial charge in [0.05, 0.1) is 13.2 Å². The fourth-order valence-electron chi connectivity index (χ4n) is 1.60. The lowest BCUT2D eigenvalue weighted by atomic mass is 10.2. The van der Waals surface area contributed by atoms with E-state index >= 15 is 0 Å². The van der Waals surface area contributed by atoms with Gasteiger partial charge in [0.15, 0.2) is 0 Å². The van der Waals surface area contributed by atoms with Gasteiger partial charge in [0.1, 0.15) is 17.8 Å². The summed E-state index contributed by atoms with van der Waals surface area (Å²) in [5.74, 6) is 1.28. The topological polar surface area (TPSA) is 88.1 Å². The minimum absolute atomic E-state index is 0.0725. The van der Waals surface area contributed by atoms with Crippen LogP contribution in [0.5, 0.6) is 0 Å². The van der Waals surface area contributed by atoms with Crippen LogP contribution in [-0.2, 0) is 4.74 Å². The smallest absolute Gasteiger partial charge is 0.205 e. The van der Waals surface area contributed by atoms with Gasteiger partial charge in [-0.2, -0.15) is 4.37 Å². The lowest BCUT2D eigenvalue weighted by molar-refractivity contribution is 0.0826. The van der Waals surface area contributed by atoms with Crippen LogP contribution in [0.25, 0.3) is 0 Å². The number of nitrogens with two attached hydrogens (primary N) is 1. The number of morpholine rings is 1. The minimum Gasteiger partial charge on any atom is -0.385 e. The third-order valence-corrected chi connectivity index (χ3v) is 3.42. The highest BCUT2D eigenvalue weighted by Crippen LogP contribution is 2.23. The largest absolute Gasteiger partial charge is 0.385 e. The van der Waals surface area contributed by atoms with Crippen molar-refractivity contribution in [2.24, 2.45) is 5.73 Å². The standard InChI is InChI=1S/C10H17N5OS/c1-6(2)9-13-10(17-14-9)15-3-4-16-7(5-15)8(11)12/h6-7H,3-5H2,1-2H3,(H3,11,12). The van der Waals surface area contributed by atoms with Crippen molar-refractivity contribution in [3.05, 3.63) is 5.82 Å². The summed E-state index contributed by atoms with van der Waals surface area (Å²) in [5.41, 5.74) is 5.46. The molecule has 1 aliphatic rings. The molecule has 0 bridgehead atoms. The Morgan fingerprint density at radius 2 is 2.41 bits per heavy atom. The normalized spacial score (nSPS) is 20.9. The number of nitrogens with zero attached hydrogens (tertiary/aromatic N) is 3. The molecule has 0 amide bonds. The van der Waals surface area contributed by atoms with Crippen LogP contribution < -0.4 is 10.6 Å². The van der Waals surface area contributed by atoms with E-state index in [4.69, 9.17) is 15.9 Å². The van der Waals surface area contributed by atoms with E-state index in [1.807, 2.05) is 0 Å². The molecule has 1 aromatic heterocycles. The van der Waals surface area contributed by atoms with Gasteiger partial charge in [-0.15, -0.1) is 0 Å². The van der Waals surface area contributed by atoms with Gasteiger partial charge in [0, 0.05) is 24.0 Å². The summed E-state index contributed by atoms with van der Waals surface area (Å²) in [6, 6.07) is 0. The number of hydrogen-bond donors (Lipinski definition) is 2. The number of rotatable bonds is 3. The van der Waals surface area contributed by atoms with Crippen molar-refractivity contribution in [3.63, 3.8) is 0 Å². The molecule has 0 aromatic carbocycles. The van der Waals surface area contributed by atoms with E-state index in [0.29, 0.717) is 19.1 Å². The van der Waals surface area contributed by atoms with Gasteiger partial charge in [0.25, 0.3) is 0 Å². The second kappa shape index (κ2) is 4.97. The molecule has 17 heavy (non-hydrogen) atoms. The predicted molar refractivity (Wildman–Crippen MR) is 67.9 cm³/mol. The predicted octanol–water partition coefficient (Wildman–Crippen LogP) is 0.803. The summed E-state index contributed by atoms with van der Waals surface area (Å²) in [7, 11) is 0. The molecule has 3 N–H and O–H groups in total. The molecule has 1 atom stereocenters. The van der Waals surface area contributed by atoms with Crippen molar-refractivity contribution >= 4 is 22.5 Å². The molecule has 1 aromatic rings. The highest BCUT2D eigenvalue weighted by atomic mass is 32.1. The maximum Gasteiger partial charge on any atom is 0.205 e. The molecule has 1 fully saturated rings. The summed E-state index contributed by atoms with van der Waals surface area (Å²) in [4.78, 5) is 6.58. The zero-order valence-electron chi connectivity index (χ0n) is 10.0. The van der Waals surface area contributed by atoms with Crippen molar-refractivity contribution in [3.8, 4) is 0 Å². The fraction of sp³-hybridized carbons (Fsp3) is 0.700. The second-order valence-electron chi connectivity index (χ2n) is 4.35. The highest BCUT2D eigenvalue weighted by molar-refractivity contribution is 7.09. The van der Waals surface area contributed by atoms with E-state index < -0.39 is 0 Å². The SMILES string of the molecule is CC(C)c1nsc(N2CCOC(C(=N)N)C2)n1. The minimum atomic E-state index is -0.324. The first-order valence-electron chi connectivity index (χ1n) is 5.62. The molecule has 6 nitrogen and oxygen atoms in total. The first-order valence-corrected chi connectivity index (χ1v) is 6.39. The Morgan fingerprint density at radius 3 is 3.00 bits per heavy atom. The first-order chi connectivity index (χ1) is 8.08. The van der Waals surface area contributed by atoms with Crippen LogP contribution in [0.3, 0.4) is 0 Å². The Morgan fingerprint density at radius 1 is 1.65 bits per heavy atom. The van der Waals surface area contributed by atoms with Gasteiger partial charge in [0.2, 0.25) is 5.13 Å². The molecule has 0 aliphatic carbocycles. The van der Waals surface area contributed by atoms with E-state index in [0.717, 1.165) is 17.5 Å². The molecule has 0 saturated carbocycles. The van der Waals surface area contributed by atoms with Crippen molar-refractivity contribution < 1.29 is 4.74 Å². The Bertz CT molecular complexity index is 405. The van der Waals surface area contributed by atoms with Crippen molar-refractivity contribution in [1.29, 1.82) is 5.41 Å². The number of aromatic nitrogens is 2. The molecule has 2 heterocycles. The van der Waals surface area contributed by atoms with Crippen LogP contribution in [0.15, 0.2) is 0 Å². The number of hydrogen-bond acceptors (Lipinski definition) is 6. The average molecular weight is 255 g/mol. The second-order valence-corrected chi connectivity index (χ2v) is 5.08. The third-order valence-electron chi connectivity index (χ3n) is 2.63. The molecule has 7 heteroatoms. The van der Waals surface area contributed by atoms with Crippen LogP contribution in [0.4, 0.5) is 5.13 Å². The van der Waals surface area contributed by atoms with Gasteiger partial charge in [-0.3, -0.25) is 5.41 Å². The Balaban J connectivity index is 2.08. The van der Waals surface area contributed by atoms with Gasteiger partial charge < -0.3 is 15.4 Å². The zero-order valence-corrected chi connectivity index (χ0v) is 10.8. The molecule has 0 radical (unpaired) electrons. The van der Waals surface area contributed by atoms with Crippen LogP contribution in [0, 0.1) is 5.41 Å². The lowest BCUT2D eigenvalue weighted by Gasteiger charge is -2.31. The third kappa shape index (κ3) is 2.73. The summed E-state index contributed by atoms with van der Waals surface area (Å²) in [6.07, 6.45) is -0.324. The molecule has 1 unspecified atom stereocenters. The molecule has 1 aliphatic heterocycles. The monoisotopic (exact) mass is 255 g/mol.